The fraction of sp³-hybridized carbons (Fsp3) is 0.800. The van der Waals surface area contributed by atoms with Crippen molar-refractivity contribution < 1.29 is 4.74 Å². The van der Waals surface area contributed by atoms with Gasteiger partial charge in [0.2, 0.25) is 0 Å². The molecule has 1 aromatic heterocycles. The summed E-state index contributed by atoms with van der Waals surface area (Å²) in [5.41, 5.74) is 0. The van der Waals surface area contributed by atoms with E-state index in [2.05, 4.69) is 32.4 Å². The summed E-state index contributed by atoms with van der Waals surface area (Å²) in [6, 6.07) is 0.593. The van der Waals surface area contributed by atoms with Crippen LogP contribution in [-0.2, 0) is 4.74 Å². The van der Waals surface area contributed by atoms with E-state index in [0.29, 0.717) is 6.04 Å². The van der Waals surface area contributed by atoms with Crippen LogP contribution in [0.5, 0.6) is 0 Å². The molecule has 0 aliphatic carbocycles. The molecule has 1 unspecified atom stereocenters. The predicted molar refractivity (Wildman–Crippen MR) is 89.3 cm³/mol. The smallest absolute Gasteiger partial charge is 0.185 e. The number of thiazole rings is 1. The Kier molecular flexibility index (Phi) is 7.43. The molecule has 6 heteroatoms. The number of nitrogens with zero attached hydrogens (tertiary/aromatic N) is 3. The van der Waals surface area contributed by atoms with Gasteiger partial charge in [-0.1, -0.05) is 0 Å². The molecule has 0 radical (unpaired) electrons. The van der Waals surface area contributed by atoms with Gasteiger partial charge in [0.05, 0.1) is 0 Å². The lowest BCUT2D eigenvalue weighted by atomic mass is 10.2. The lowest BCUT2D eigenvalue weighted by molar-refractivity contribution is 0.143. The van der Waals surface area contributed by atoms with Crippen LogP contribution in [0.3, 0.4) is 0 Å². The summed E-state index contributed by atoms with van der Waals surface area (Å²) in [5.74, 6) is 0. The van der Waals surface area contributed by atoms with Crippen molar-refractivity contribution in [3.8, 4) is 0 Å². The predicted octanol–water partition coefficient (Wildman–Crippen LogP) is 1.67. The molecule has 2 heterocycles. The van der Waals surface area contributed by atoms with Crippen molar-refractivity contribution in [1.29, 1.82) is 0 Å². The number of nitrogens with one attached hydrogen (secondary N) is 1. The summed E-state index contributed by atoms with van der Waals surface area (Å²) >= 11 is 1.73. The van der Waals surface area contributed by atoms with Crippen LogP contribution in [0.4, 0.5) is 5.13 Å². The Balaban J connectivity index is 1.58. The van der Waals surface area contributed by atoms with E-state index in [1.165, 1.54) is 0 Å². The molecular formula is C15H28N4OS. The monoisotopic (exact) mass is 312 g/mol. The fourth-order valence-corrected chi connectivity index (χ4v) is 3.31. The third kappa shape index (κ3) is 5.54. The van der Waals surface area contributed by atoms with E-state index in [1.807, 2.05) is 13.1 Å². The van der Waals surface area contributed by atoms with E-state index >= 15 is 0 Å². The summed E-state index contributed by atoms with van der Waals surface area (Å²) in [6.07, 6.45) is 2.99. The Labute approximate surface area is 132 Å². The molecule has 1 aromatic rings. The number of ether oxygens (including phenoxy) is 1. The van der Waals surface area contributed by atoms with E-state index in [9.17, 15) is 0 Å². The minimum atomic E-state index is 0.593. The summed E-state index contributed by atoms with van der Waals surface area (Å²) < 4.78 is 5.34. The van der Waals surface area contributed by atoms with E-state index < -0.39 is 0 Å². The molecule has 0 bridgehead atoms. The van der Waals surface area contributed by atoms with Gasteiger partial charge in [-0.05, 0) is 26.8 Å². The van der Waals surface area contributed by atoms with Gasteiger partial charge in [0, 0.05) is 63.6 Å². The first-order valence-electron chi connectivity index (χ1n) is 7.98. The molecule has 0 spiro atoms. The van der Waals surface area contributed by atoms with Gasteiger partial charge in [0.1, 0.15) is 0 Å². The molecule has 1 saturated heterocycles. The van der Waals surface area contributed by atoms with Gasteiger partial charge in [-0.15, -0.1) is 11.3 Å². The normalized spacial score (nSPS) is 18.1. The lowest BCUT2D eigenvalue weighted by Crippen LogP contribution is -2.52. The second-order valence-corrected chi connectivity index (χ2v) is 6.31. The maximum atomic E-state index is 5.34. The van der Waals surface area contributed by atoms with Crippen molar-refractivity contribution in [3.05, 3.63) is 11.6 Å². The van der Waals surface area contributed by atoms with Crippen molar-refractivity contribution in [2.75, 3.05) is 57.4 Å². The van der Waals surface area contributed by atoms with Crippen molar-refractivity contribution in [2.45, 2.75) is 26.3 Å². The third-order valence-corrected chi connectivity index (χ3v) is 4.75. The molecule has 1 aliphatic rings. The average Bonchev–Trinajstić information content (AvgIpc) is 3.05. The van der Waals surface area contributed by atoms with Gasteiger partial charge in [-0.25, -0.2) is 4.98 Å². The van der Waals surface area contributed by atoms with Gasteiger partial charge < -0.3 is 15.0 Å². The highest BCUT2D eigenvalue weighted by atomic mass is 32.1. The molecule has 1 atom stereocenters. The van der Waals surface area contributed by atoms with Crippen molar-refractivity contribution in [3.63, 3.8) is 0 Å². The fourth-order valence-electron chi connectivity index (χ4n) is 2.61. The first kappa shape index (κ1) is 16.7. The highest BCUT2D eigenvalue weighted by Gasteiger charge is 2.21. The van der Waals surface area contributed by atoms with Crippen LogP contribution < -0.4 is 10.2 Å². The Hall–Kier alpha value is -0.690. The first-order valence-corrected chi connectivity index (χ1v) is 8.86. The Morgan fingerprint density at radius 1 is 1.38 bits per heavy atom. The molecule has 1 N–H and O–H groups in total. The highest BCUT2D eigenvalue weighted by molar-refractivity contribution is 7.13. The SMILES string of the molecule is CCOCCCNCC(C)N1CCN(c2nccs2)CC1. The summed E-state index contributed by atoms with van der Waals surface area (Å²) in [5, 5.41) is 6.75. The van der Waals surface area contributed by atoms with Gasteiger partial charge in [0.25, 0.3) is 0 Å². The largest absolute Gasteiger partial charge is 0.382 e. The molecule has 5 nitrogen and oxygen atoms in total. The molecule has 1 aliphatic heterocycles. The molecular weight excluding hydrogens is 284 g/mol. The van der Waals surface area contributed by atoms with Crippen LogP contribution in [0.15, 0.2) is 11.6 Å². The number of piperazine rings is 1. The quantitative estimate of drug-likeness (QED) is 0.703. The highest BCUT2D eigenvalue weighted by Crippen LogP contribution is 2.19. The number of hydrogen-bond acceptors (Lipinski definition) is 6. The van der Waals surface area contributed by atoms with Gasteiger partial charge in [-0.3, -0.25) is 4.90 Å². The second-order valence-electron chi connectivity index (χ2n) is 5.44. The Morgan fingerprint density at radius 3 is 2.86 bits per heavy atom. The average molecular weight is 312 g/mol. The minimum Gasteiger partial charge on any atom is -0.382 e. The van der Waals surface area contributed by atoms with Crippen LogP contribution in [0.2, 0.25) is 0 Å². The van der Waals surface area contributed by atoms with Crippen LogP contribution >= 0.6 is 11.3 Å². The molecule has 1 fully saturated rings. The van der Waals surface area contributed by atoms with Crippen molar-refractivity contribution in [1.82, 2.24) is 15.2 Å². The second kappa shape index (κ2) is 9.35. The summed E-state index contributed by atoms with van der Waals surface area (Å²) in [7, 11) is 0. The zero-order chi connectivity index (χ0) is 14.9. The Bertz CT molecular complexity index is 366. The van der Waals surface area contributed by atoms with Crippen LogP contribution in [0.25, 0.3) is 0 Å². The number of hydrogen-bond donors (Lipinski definition) is 1. The minimum absolute atomic E-state index is 0.593. The van der Waals surface area contributed by atoms with Crippen molar-refractivity contribution in [2.24, 2.45) is 0 Å². The molecule has 0 saturated carbocycles. The van der Waals surface area contributed by atoms with Gasteiger partial charge >= 0.3 is 0 Å². The standard InChI is InChI=1S/C15H28N4OS/c1-3-20-11-4-5-16-13-14(2)18-7-9-19(10-8-18)15-17-6-12-21-15/h6,12,14,16H,3-5,7-11,13H2,1-2H3. The number of anilines is 1. The molecule has 0 amide bonds. The third-order valence-electron chi connectivity index (χ3n) is 3.91. The van der Waals surface area contributed by atoms with Crippen LogP contribution in [-0.4, -0.2) is 68.4 Å². The zero-order valence-corrected chi connectivity index (χ0v) is 14.1. The van der Waals surface area contributed by atoms with Gasteiger partial charge in [-0.2, -0.15) is 0 Å². The van der Waals surface area contributed by atoms with E-state index in [1.54, 1.807) is 11.3 Å². The van der Waals surface area contributed by atoms with Crippen LogP contribution in [0, 0.1) is 0 Å². The summed E-state index contributed by atoms with van der Waals surface area (Å²) in [6.45, 7) is 12.6. The van der Waals surface area contributed by atoms with E-state index in [4.69, 9.17) is 4.74 Å². The molecule has 120 valence electrons. The first-order chi connectivity index (χ1) is 10.3. The van der Waals surface area contributed by atoms with Gasteiger partial charge in [0.15, 0.2) is 5.13 Å². The summed E-state index contributed by atoms with van der Waals surface area (Å²) in [4.78, 5) is 9.36. The maximum absolute atomic E-state index is 5.34. The molecule has 2 rings (SSSR count). The number of rotatable bonds is 9. The Morgan fingerprint density at radius 2 is 2.19 bits per heavy atom. The van der Waals surface area contributed by atoms with Crippen molar-refractivity contribution >= 4 is 16.5 Å². The lowest BCUT2D eigenvalue weighted by Gasteiger charge is -2.38. The maximum Gasteiger partial charge on any atom is 0.185 e. The van der Waals surface area contributed by atoms with Crippen LogP contribution in [0.1, 0.15) is 20.3 Å². The zero-order valence-electron chi connectivity index (χ0n) is 13.3. The molecule has 0 aromatic carbocycles. The molecule has 21 heavy (non-hydrogen) atoms. The topological polar surface area (TPSA) is 40.6 Å². The van der Waals surface area contributed by atoms with E-state index in [-0.39, 0.29) is 0 Å². The number of aromatic nitrogens is 1. The van der Waals surface area contributed by atoms with E-state index in [0.717, 1.165) is 64.0 Å².